The van der Waals surface area contributed by atoms with Crippen LogP contribution in [-0.2, 0) is 0 Å². The molecule has 2 N–H and O–H groups in total. The Hall–Kier alpha value is -1.21. The molecule has 1 aromatic heterocycles. The number of carbonyl (C=O) groups is 1. The molecule has 1 atom stereocenters. The number of aromatic nitrogens is 2. The second-order valence-corrected chi connectivity index (χ2v) is 4.86. The predicted octanol–water partition coefficient (Wildman–Crippen LogP) is 0.0137. The third kappa shape index (κ3) is 2.48. The van der Waals surface area contributed by atoms with Crippen LogP contribution in [-0.4, -0.2) is 54.2 Å². The molecular weight excluding hydrogens is 226 g/mol. The van der Waals surface area contributed by atoms with Crippen LogP contribution >= 0.6 is 11.3 Å². The Kier molecular flexibility index (Phi) is 3.35. The highest BCUT2D eigenvalue weighted by atomic mass is 32.1. The maximum absolute atomic E-state index is 11.8. The molecule has 88 valence electrons. The minimum Gasteiger partial charge on any atom is -0.363 e. The van der Waals surface area contributed by atoms with Crippen molar-refractivity contribution in [2.75, 3.05) is 32.5 Å². The number of nitrogens with one attached hydrogen (secondary N) is 2. The van der Waals surface area contributed by atoms with Crippen LogP contribution in [0.2, 0.25) is 0 Å². The lowest BCUT2D eigenvalue weighted by atomic mass is 10.2. The van der Waals surface area contributed by atoms with E-state index in [0.717, 1.165) is 19.5 Å². The number of nitrogens with zero attached hydrogens (tertiary/aromatic N) is 3. The van der Waals surface area contributed by atoms with Gasteiger partial charge in [-0.2, -0.15) is 0 Å². The molecule has 0 aliphatic carbocycles. The van der Waals surface area contributed by atoms with Crippen molar-refractivity contribution in [3.63, 3.8) is 0 Å². The molecule has 7 heteroatoms. The van der Waals surface area contributed by atoms with Gasteiger partial charge in [-0.25, -0.2) is 0 Å². The van der Waals surface area contributed by atoms with Crippen LogP contribution in [0.4, 0.5) is 5.13 Å². The van der Waals surface area contributed by atoms with E-state index in [1.165, 1.54) is 11.3 Å². The van der Waals surface area contributed by atoms with Crippen molar-refractivity contribution in [3.05, 3.63) is 5.01 Å². The van der Waals surface area contributed by atoms with Crippen molar-refractivity contribution >= 4 is 22.4 Å². The number of likely N-dealkylation sites (N-methyl/N-ethyl adjacent to an activating group) is 1. The van der Waals surface area contributed by atoms with Gasteiger partial charge in [0.2, 0.25) is 10.1 Å². The van der Waals surface area contributed by atoms with E-state index >= 15 is 0 Å². The molecule has 2 heterocycles. The van der Waals surface area contributed by atoms with Crippen LogP contribution in [0.1, 0.15) is 16.2 Å². The van der Waals surface area contributed by atoms with Gasteiger partial charge in [0.05, 0.1) is 0 Å². The monoisotopic (exact) mass is 241 g/mol. The quantitative estimate of drug-likeness (QED) is 0.780. The van der Waals surface area contributed by atoms with Crippen LogP contribution in [0, 0.1) is 0 Å². The van der Waals surface area contributed by atoms with Crippen LogP contribution < -0.4 is 10.6 Å². The molecule has 0 aromatic carbocycles. The molecule has 1 amide bonds. The molecule has 0 radical (unpaired) electrons. The van der Waals surface area contributed by atoms with Gasteiger partial charge in [0.15, 0.2) is 0 Å². The Labute approximate surface area is 98.0 Å². The van der Waals surface area contributed by atoms with Gasteiger partial charge in [-0.1, -0.05) is 11.3 Å². The topological polar surface area (TPSA) is 70.1 Å². The molecule has 1 fully saturated rings. The lowest BCUT2D eigenvalue weighted by Crippen LogP contribution is -2.36. The number of rotatable bonds is 3. The number of likely N-dealkylation sites (tertiary alicyclic amines) is 1. The van der Waals surface area contributed by atoms with Gasteiger partial charge in [0.25, 0.3) is 5.91 Å². The third-order valence-electron chi connectivity index (χ3n) is 2.56. The first-order valence-corrected chi connectivity index (χ1v) is 6.01. The molecule has 1 saturated heterocycles. The van der Waals surface area contributed by atoms with Crippen LogP contribution in [0.25, 0.3) is 0 Å². The maximum atomic E-state index is 11.8. The van der Waals surface area contributed by atoms with Gasteiger partial charge in [0.1, 0.15) is 0 Å². The summed E-state index contributed by atoms with van der Waals surface area (Å²) in [6.45, 7) is 1.94. The van der Waals surface area contributed by atoms with Crippen molar-refractivity contribution in [3.8, 4) is 0 Å². The van der Waals surface area contributed by atoms with E-state index in [1.807, 2.05) is 0 Å². The highest BCUT2D eigenvalue weighted by molar-refractivity contribution is 7.17. The van der Waals surface area contributed by atoms with E-state index < -0.39 is 0 Å². The zero-order valence-electron chi connectivity index (χ0n) is 9.36. The summed E-state index contributed by atoms with van der Waals surface area (Å²) in [7, 11) is 3.81. The molecule has 0 spiro atoms. The van der Waals surface area contributed by atoms with Gasteiger partial charge in [0, 0.05) is 19.6 Å². The molecule has 0 saturated carbocycles. The maximum Gasteiger partial charge on any atom is 0.282 e. The van der Waals surface area contributed by atoms with Crippen molar-refractivity contribution in [2.45, 2.75) is 12.5 Å². The van der Waals surface area contributed by atoms with Gasteiger partial charge in [-0.05, 0) is 20.0 Å². The lowest BCUT2D eigenvalue weighted by molar-refractivity contribution is 0.0937. The van der Waals surface area contributed by atoms with Crippen LogP contribution in [0.5, 0.6) is 0 Å². The average Bonchev–Trinajstić information content (AvgIpc) is 2.87. The predicted molar refractivity (Wildman–Crippen MR) is 62.8 cm³/mol. The normalized spacial score (nSPS) is 21.0. The van der Waals surface area contributed by atoms with E-state index in [9.17, 15) is 4.79 Å². The third-order valence-corrected chi connectivity index (χ3v) is 3.50. The Balaban J connectivity index is 1.92. The smallest absolute Gasteiger partial charge is 0.282 e. The first kappa shape index (κ1) is 11.3. The Bertz CT molecular complexity index is 380. The standard InChI is InChI=1S/C9H15N5OS/c1-10-9-13-12-8(16-9)7(15)11-6-3-4-14(2)5-6/h6H,3-5H2,1-2H3,(H,10,13)(H,11,15). The number of hydrogen-bond acceptors (Lipinski definition) is 6. The average molecular weight is 241 g/mol. The van der Waals surface area contributed by atoms with Crippen molar-refractivity contribution in [1.82, 2.24) is 20.4 Å². The second kappa shape index (κ2) is 4.75. The van der Waals surface area contributed by atoms with E-state index in [0.29, 0.717) is 10.1 Å². The molecule has 2 rings (SSSR count). The van der Waals surface area contributed by atoms with Crippen LogP contribution in [0.3, 0.4) is 0 Å². The molecule has 16 heavy (non-hydrogen) atoms. The molecule has 0 bridgehead atoms. The van der Waals surface area contributed by atoms with Crippen molar-refractivity contribution < 1.29 is 4.79 Å². The Morgan fingerprint density at radius 2 is 2.38 bits per heavy atom. The van der Waals surface area contributed by atoms with E-state index in [2.05, 4.69) is 32.8 Å². The number of amides is 1. The summed E-state index contributed by atoms with van der Waals surface area (Å²) in [5.74, 6) is -0.126. The summed E-state index contributed by atoms with van der Waals surface area (Å²) >= 11 is 1.27. The van der Waals surface area contributed by atoms with E-state index in [4.69, 9.17) is 0 Å². The first-order valence-electron chi connectivity index (χ1n) is 5.19. The van der Waals surface area contributed by atoms with Gasteiger partial charge in [-0.15, -0.1) is 10.2 Å². The Morgan fingerprint density at radius 3 is 2.94 bits per heavy atom. The summed E-state index contributed by atoms with van der Waals surface area (Å²) in [6.07, 6.45) is 1.000. The van der Waals surface area contributed by atoms with Gasteiger partial charge in [-0.3, -0.25) is 4.79 Å². The summed E-state index contributed by atoms with van der Waals surface area (Å²) in [5, 5.41) is 14.6. The Morgan fingerprint density at radius 1 is 1.56 bits per heavy atom. The van der Waals surface area contributed by atoms with Crippen LogP contribution in [0.15, 0.2) is 0 Å². The molecule has 1 aliphatic heterocycles. The second-order valence-electron chi connectivity index (χ2n) is 3.88. The summed E-state index contributed by atoms with van der Waals surface area (Å²) in [6, 6.07) is 0.236. The highest BCUT2D eigenvalue weighted by Gasteiger charge is 2.23. The number of anilines is 1. The van der Waals surface area contributed by atoms with Crippen molar-refractivity contribution in [2.24, 2.45) is 0 Å². The highest BCUT2D eigenvalue weighted by Crippen LogP contribution is 2.15. The molecular formula is C9H15N5OS. The minimum atomic E-state index is -0.126. The van der Waals surface area contributed by atoms with E-state index in [1.54, 1.807) is 7.05 Å². The largest absolute Gasteiger partial charge is 0.363 e. The van der Waals surface area contributed by atoms with E-state index in [-0.39, 0.29) is 11.9 Å². The molecule has 1 unspecified atom stereocenters. The zero-order valence-corrected chi connectivity index (χ0v) is 10.2. The lowest BCUT2D eigenvalue weighted by Gasteiger charge is -2.10. The number of carbonyl (C=O) groups excluding carboxylic acids is 1. The molecule has 1 aromatic rings. The summed E-state index contributed by atoms with van der Waals surface area (Å²) < 4.78 is 0. The molecule has 6 nitrogen and oxygen atoms in total. The van der Waals surface area contributed by atoms with Crippen molar-refractivity contribution in [1.29, 1.82) is 0 Å². The fourth-order valence-electron chi connectivity index (χ4n) is 1.72. The SMILES string of the molecule is CNc1nnc(C(=O)NC2CCN(C)C2)s1. The first-order chi connectivity index (χ1) is 7.69. The molecule has 1 aliphatic rings. The number of hydrogen-bond donors (Lipinski definition) is 2. The minimum absolute atomic E-state index is 0.126. The fourth-order valence-corrected chi connectivity index (χ4v) is 2.32. The summed E-state index contributed by atoms with van der Waals surface area (Å²) in [4.78, 5) is 14.0. The van der Waals surface area contributed by atoms with Gasteiger partial charge >= 0.3 is 0 Å². The zero-order chi connectivity index (χ0) is 11.5. The summed E-state index contributed by atoms with van der Waals surface area (Å²) in [5.41, 5.74) is 0. The fraction of sp³-hybridized carbons (Fsp3) is 0.667. The van der Waals surface area contributed by atoms with Gasteiger partial charge < -0.3 is 15.5 Å².